The fourth-order valence-corrected chi connectivity index (χ4v) is 1.81. The van der Waals surface area contributed by atoms with E-state index < -0.39 is 24.0 Å². The van der Waals surface area contributed by atoms with Gasteiger partial charge in [-0.25, -0.2) is 0 Å². The van der Waals surface area contributed by atoms with Crippen LogP contribution in [0.25, 0.3) is 0 Å². The van der Waals surface area contributed by atoms with Gasteiger partial charge >= 0.3 is 6.18 Å². The van der Waals surface area contributed by atoms with Crippen LogP contribution in [0, 0.1) is 5.92 Å². The Morgan fingerprint density at radius 3 is 2.71 bits per heavy atom. The lowest BCUT2D eigenvalue weighted by Gasteiger charge is -2.36. The number of aliphatic hydroxyl groups excluding tert-OH is 1. The first-order valence-electron chi connectivity index (χ1n) is 5.59. The molecule has 0 bridgehead atoms. The standard InChI is InChI=1S/C10H17F3N2O2/c1-2-7(6-16)9(17)15-4-3-14-8(5-15)10(11,12)13/h7-8,14,16H,2-6H2,1H3. The Kier molecular flexibility index (Phi) is 4.76. The number of halogens is 3. The zero-order valence-corrected chi connectivity index (χ0v) is 9.63. The first-order valence-corrected chi connectivity index (χ1v) is 5.59. The molecule has 1 rings (SSSR count). The predicted octanol–water partition coefficient (Wildman–Crippen LogP) is 0.368. The summed E-state index contributed by atoms with van der Waals surface area (Å²) in [5.41, 5.74) is 0. The van der Waals surface area contributed by atoms with Crippen molar-refractivity contribution in [2.24, 2.45) is 5.92 Å². The third-order valence-corrected chi connectivity index (χ3v) is 2.94. The van der Waals surface area contributed by atoms with E-state index in [9.17, 15) is 18.0 Å². The number of aliphatic hydroxyl groups is 1. The fourth-order valence-electron chi connectivity index (χ4n) is 1.81. The van der Waals surface area contributed by atoms with Crippen LogP contribution >= 0.6 is 0 Å². The molecule has 0 aromatic heterocycles. The van der Waals surface area contributed by atoms with Gasteiger partial charge in [0.2, 0.25) is 5.91 Å². The molecule has 1 saturated heterocycles. The summed E-state index contributed by atoms with van der Waals surface area (Å²) in [5.74, 6) is -0.993. The quantitative estimate of drug-likeness (QED) is 0.765. The van der Waals surface area contributed by atoms with Crippen LogP contribution < -0.4 is 5.32 Å². The third-order valence-electron chi connectivity index (χ3n) is 2.94. The molecule has 2 unspecified atom stereocenters. The highest BCUT2D eigenvalue weighted by molar-refractivity contribution is 5.79. The second kappa shape index (κ2) is 5.68. The summed E-state index contributed by atoms with van der Waals surface area (Å²) in [5, 5.41) is 11.3. The van der Waals surface area contributed by atoms with Crippen LogP contribution in [0.3, 0.4) is 0 Å². The van der Waals surface area contributed by atoms with Gasteiger partial charge in [0.05, 0.1) is 12.5 Å². The van der Waals surface area contributed by atoms with E-state index in [1.54, 1.807) is 6.92 Å². The summed E-state index contributed by atoms with van der Waals surface area (Å²) >= 11 is 0. The molecule has 1 amide bonds. The average molecular weight is 254 g/mol. The van der Waals surface area contributed by atoms with Crippen molar-refractivity contribution in [2.75, 3.05) is 26.2 Å². The van der Waals surface area contributed by atoms with Gasteiger partial charge in [-0.05, 0) is 6.42 Å². The van der Waals surface area contributed by atoms with Crippen molar-refractivity contribution in [1.29, 1.82) is 0 Å². The molecular formula is C10H17F3N2O2. The van der Waals surface area contributed by atoms with E-state index in [0.717, 1.165) is 0 Å². The molecule has 2 N–H and O–H groups in total. The Morgan fingerprint density at radius 2 is 2.24 bits per heavy atom. The number of hydrogen-bond acceptors (Lipinski definition) is 3. The lowest BCUT2D eigenvalue weighted by atomic mass is 10.0. The molecule has 0 aromatic carbocycles. The van der Waals surface area contributed by atoms with Crippen LogP contribution in [-0.4, -0.2) is 54.4 Å². The van der Waals surface area contributed by atoms with Gasteiger partial charge in [0.15, 0.2) is 0 Å². The molecule has 0 saturated carbocycles. The monoisotopic (exact) mass is 254 g/mol. The maximum absolute atomic E-state index is 12.5. The molecule has 1 aliphatic rings. The van der Waals surface area contributed by atoms with Gasteiger partial charge in [0, 0.05) is 19.6 Å². The van der Waals surface area contributed by atoms with Crippen molar-refractivity contribution in [1.82, 2.24) is 10.2 Å². The highest BCUT2D eigenvalue weighted by Crippen LogP contribution is 2.23. The average Bonchev–Trinajstić information content (AvgIpc) is 2.29. The van der Waals surface area contributed by atoms with Gasteiger partial charge in [-0.1, -0.05) is 6.92 Å². The summed E-state index contributed by atoms with van der Waals surface area (Å²) in [6.45, 7) is 1.40. The van der Waals surface area contributed by atoms with Crippen molar-refractivity contribution in [3.8, 4) is 0 Å². The van der Waals surface area contributed by atoms with Gasteiger partial charge in [-0.3, -0.25) is 4.79 Å². The molecule has 0 spiro atoms. The van der Waals surface area contributed by atoms with E-state index in [0.29, 0.717) is 6.42 Å². The van der Waals surface area contributed by atoms with Crippen LogP contribution in [-0.2, 0) is 4.79 Å². The van der Waals surface area contributed by atoms with E-state index in [1.807, 2.05) is 0 Å². The first kappa shape index (κ1) is 14.2. The van der Waals surface area contributed by atoms with Crippen LogP contribution in [0.4, 0.5) is 13.2 Å². The number of amides is 1. The van der Waals surface area contributed by atoms with Crippen molar-refractivity contribution < 1.29 is 23.1 Å². The minimum Gasteiger partial charge on any atom is -0.396 e. The van der Waals surface area contributed by atoms with E-state index in [2.05, 4.69) is 5.32 Å². The molecule has 0 aliphatic carbocycles. The van der Waals surface area contributed by atoms with Gasteiger partial charge in [-0.2, -0.15) is 13.2 Å². The molecule has 7 heteroatoms. The number of carbonyl (C=O) groups is 1. The number of piperazine rings is 1. The molecule has 100 valence electrons. The van der Waals surface area contributed by atoms with E-state index >= 15 is 0 Å². The summed E-state index contributed by atoms with van der Waals surface area (Å²) < 4.78 is 37.5. The lowest BCUT2D eigenvalue weighted by Crippen LogP contribution is -2.59. The number of nitrogens with one attached hydrogen (secondary N) is 1. The van der Waals surface area contributed by atoms with E-state index in [1.165, 1.54) is 4.90 Å². The molecule has 2 atom stereocenters. The Labute approximate surface area is 97.8 Å². The molecule has 0 radical (unpaired) electrons. The first-order chi connectivity index (χ1) is 7.90. The lowest BCUT2D eigenvalue weighted by molar-refractivity contribution is -0.169. The summed E-state index contributed by atoms with van der Waals surface area (Å²) in [6.07, 6.45) is -3.92. The van der Waals surface area contributed by atoms with Crippen molar-refractivity contribution in [2.45, 2.75) is 25.6 Å². The molecule has 0 aromatic rings. The second-order valence-corrected chi connectivity index (χ2v) is 4.12. The summed E-state index contributed by atoms with van der Waals surface area (Å²) in [7, 11) is 0. The molecule has 17 heavy (non-hydrogen) atoms. The number of rotatable bonds is 3. The second-order valence-electron chi connectivity index (χ2n) is 4.12. The van der Waals surface area contributed by atoms with Gasteiger partial charge in [-0.15, -0.1) is 0 Å². The highest BCUT2D eigenvalue weighted by atomic mass is 19.4. The summed E-state index contributed by atoms with van der Waals surface area (Å²) in [4.78, 5) is 13.0. The SMILES string of the molecule is CCC(CO)C(=O)N1CCNC(C(F)(F)F)C1. The summed E-state index contributed by atoms with van der Waals surface area (Å²) in [6, 6.07) is -1.67. The molecular weight excluding hydrogens is 237 g/mol. The molecule has 4 nitrogen and oxygen atoms in total. The van der Waals surface area contributed by atoms with Crippen LogP contribution in [0.5, 0.6) is 0 Å². The number of carbonyl (C=O) groups excluding carboxylic acids is 1. The molecule has 1 fully saturated rings. The predicted molar refractivity (Wildman–Crippen MR) is 55.3 cm³/mol. The van der Waals surface area contributed by atoms with Crippen LogP contribution in [0.1, 0.15) is 13.3 Å². The number of hydrogen-bond donors (Lipinski definition) is 2. The Morgan fingerprint density at radius 1 is 1.59 bits per heavy atom. The fraction of sp³-hybridized carbons (Fsp3) is 0.900. The zero-order valence-electron chi connectivity index (χ0n) is 9.63. The van der Waals surface area contributed by atoms with E-state index in [-0.39, 0.29) is 26.2 Å². The third kappa shape index (κ3) is 3.57. The normalized spacial score (nSPS) is 23.6. The number of alkyl halides is 3. The maximum Gasteiger partial charge on any atom is 0.405 e. The molecule has 1 heterocycles. The van der Waals surface area contributed by atoms with Gasteiger partial charge in [0.25, 0.3) is 0 Å². The zero-order chi connectivity index (χ0) is 13.1. The van der Waals surface area contributed by atoms with Gasteiger partial charge < -0.3 is 15.3 Å². The topological polar surface area (TPSA) is 52.6 Å². The smallest absolute Gasteiger partial charge is 0.396 e. The Hall–Kier alpha value is -0.820. The number of nitrogens with zero attached hydrogens (tertiary/aromatic N) is 1. The largest absolute Gasteiger partial charge is 0.405 e. The molecule has 1 aliphatic heterocycles. The Balaban J connectivity index is 2.63. The van der Waals surface area contributed by atoms with Crippen molar-refractivity contribution in [3.05, 3.63) is 0 Å². The van der Waals surface area contributed by atoms with Crippen LogP contribution in [0.15, 0.2) is 0 Å². The minimum absolute atomic E-state index is 0.123. The van der Waals surface area contributed by atoms with Crippen molar-refractivity contribution >= 4 is 5.91 Å². The minimum atomic E-state index is -4.35. The Bertz CT molecular complexity index is 267. The maximum atomic E-state index is 12.5. The van der Waals surface area contributed by atoms with Crippen molar-refractivity contribution in [3.63, 3.8) is 0 Å². The van der Waals surface area contributed by atoms with E-state index in [4.69, 9.17) is 5.11 Å². The van der Waals surface area contributed by atoms with Gasteiger partial charge in [0.1, 0.15) is 6.04 Å². The highest BCUT2D eigenvalue weighted by Gasteiger charge is 2.43. The van der Waals surface area contributed by atoms with Crippen LogP contribution in [0.2, 0.25) is 0 Å².